The molecule has 0 radical (unpaired) electrons. The van der Waals surface area contributed by atoms with Crippen LogP contribution in [0.5, 0.6) is 0 Å². The lowest BCUT2D eigenvalue weighted by atomic mass is 10.1. The predicted molar refractivity (Wildman–Crippen MR) is 70.8 cm³/mol. The molecule has 0 saturated heterocycles. The van der Waals surface area contributed by atoms with Crippen LogP contribution in [0, 0.1) is 5.82 Å². The summed E-state index contributed by atoms with van der Waals surface area (Å²) in [5.74, 6) is -0.465. The number of benzene rings is 1. The Kier molecular flexibility index (Phi) is 6.42. The van der Waals surface area contributed by atoms with Crippen LogP contribution in [-0.4, -0.2) is 31.2 Å². The Balaban J connectivity index is 2.83. The summed E-state index contributed by atoms with van der Waals surface area (Å²) in [6.07, 6.45) is -3.68. The van der Waals surface area contributed by atoms with Gasteiger partial charge in [0, 0.05) is 18.7 Å². The van der Waals surface area contributed by atoms with E-state index in [4.69, 9.17) is 0 Å². The lowest BCUT2D eigenvalue weighted by Gasteiger charge is -2.23. The van der Waals surface area contributed by atoms with Crippen molar-refractivity contribution in [2.75, 3.05) is 20.1 Å². The summed E-state index contributed by atoms with van der Waals surface area (Å²) in [7, 11) is 1.76. The number of rotatable bonds is 7. The maximum Gasteiger partial charge on any atom is 0.401 e. The standard InChI is InChI=1S/C14H20F4N2/c1-3-6-20(10-14(16,17)18)9-12-7-11(8-19-2)4-5-13(12)15/h4-5,7,19H,3,6,8-10H2,1-2H3. The predicted octanol–water partition coefficient (Wildman–Crippen LogP) is 3.32. The molecular formula is C14H20F4N2. The number of alkyl halides is 3. The number of hydrogen-bond acceptors (Lipinski definition) is 2. The quantitative estimate of drug-likeness (QED) is 0.776. The molecule has 0 fully saturated rings. The van der Waals surface area contributed by atoms with Crippen molar-refractivity contribution in [2.24, 2.45) is 0 Å². The molecule has 20 heavy (non-hydrogen) atoms. The first-order chi connectivity index (χ1) is 9.35. The van der Waals surface area contributed by atoms with Gasteiger partial charge in [0.1, 0.15) is 5.82 Å². The van der Waals surface area contributed by atoms with Crippen molar-refractivity contribution in [1.29, 1.82) is 0 Å². The van der Waals surface area contributed by atoms with Crippen molar-refractivity contribution in [3.05, 3.63) is 35.1 Å². The molecule has 0 heterocycles. The molecule has 1 aromatic rings. The van der Waals surface area contributed by atoms with E-state index in [0.717, 1.165) is 5.56 Å². The van der Waals surface area contributed by atoms with E-state index in [9.17, 15) is 17.6 Å². The molecule has 0 spiro atoms. The fraction of sp³-hybridized carbons (Fsp3) is 0.571. The van der Waals surface area contributed by atoms with Crippen LogP contribution in [0.1, 0.15) is 24.5 Å². The van der Waals surface area contributed by atoms with E-state index in [1.54, 1.807) is 26.1 Å². The van der Waals surface area contributed by atoms with Gasteiger partial charge in [0.15, 0.2) is 0 Å². The zero-order chi connectivity index (χ0) is 15.2. The normalized spacial score (nSPS) is 12.2. The van der Waals surface area contributed by atoms with Gasteiger partial charge in [0.25, 0.3) is 0 Å². The van der Waals surface area contributed by atoms with Crippen molar-refractivity contribution in [1.82, 2.24) is 10.2 Å². The summed E-state index contributed by atoms with van der Waals surface area (Å²) in [5, 5.41) is 2.93. The minimum absolute atomic E-state index is 0.0310. The maximum atomic E-state index is 13.7. The first-order valence-electron chi connectivity index (χ1n) is 6.56. The molecule has 6 heteroatoms. The molecule has 1 rings (SSSR count). The molecule has 0 unspecified atom stereocenters. The zero-order valence-electron chi connectivity index (χ0n) is 11.7. The van der Waals surface area contributed by atoms with Crippen LogP contribution in [0.4, 0.5) is 17.6 Å². The Morgan fingerprint density at radius 2 is 1.95 bits per heavy atom. The highest BCUT2D eigenvalue weighted by molar-refractivity contribution is 5.25. The molecule has 0 amide bonds. The maximum absolute atomic E-state index is 13.7. The van der Waals surface area contributed by atoms with Gasteiger partial charge >= 0.3 is 6.18 Å². The number of halogens is 4. The van der Waals surface area contributed by atoms with Crippen LogP contribution in [-0.2, 0) is 13.1 Å². The highest BCUT2D eigenvalue weighted by Crippen LogP contribution is 2.20. The van der Waals surface area contributed by atoms with Gasteiger partial charge in [-0.2, -0.15) is 13.2 Å². The van der Waals surface area contributed by atoms with Gasteiger partial charge in [0.05, 0.1) is 6.54 Å². The average molecular weight is 292 g/mol. The summed E-state index contributed by atoms with van der Waals surface area (Å²) in [6, 6.07) is 4.55. The van der Waals surface area contributed by atoms with E-state index in [1.165, 1.54) is 11.0 Å². The zero-order valence-corrected chi connectivity index (χ0v) is 11.7. The third-order valence-electron chi connectivity index (χ3n) is 2.83. The van der Waals surface area contributed by atoms with E-state index >= 15 is 0 Å². The van der Waals surface area contributed by atoms with Gasteiger partial charge in [-0.15, -0.1) is 0 Å². The topological polar surface area (TPSA) is 15.3 Å². The molecule has 0 aliphatic heterocycles. The molecule has 1 aromatic carbocycles. The lowest BCUT2D eigenvalue weighted by Crippen LogP contribution is -2.34. The van der Waals surface area contributed by atoms with Gasteiger partial charge in [0.2, 0.25) is 0 Å². The fourth-order valence-electron chi connectivity index (χ4n) is 2.09. The van der Waals surface area contributed by atoms with Crippen molar-refractivity contribution in [3.63, 3.8) is 0 Å². The third-order valence-corrected chi connectivity index (χ3v) is 2.83. The van der Waals surface area contributed by atoms with Gasteiger partial charge in [-0.05, 0) is 31.6 Å². The largest absolute Gasteiger partial charge is 0.401 e. The van der Waals surface area contributed by atoms with Crippen LogP contribution in [0.2, 0.25) is 0 Å². The van der Waals surface area contributed by atoms with Crippen LogP contribution >= 0.6 is 0 Å². The Hall–Kier alpha value is -1.14. The van der Waals surface area contributed by atoms with Crippen LogP contribution in [0.25, 0.3) is 0 Å². The Labute approximate surface area is 116 Å². The molecule has 0 aliphatic carbocycles. The first-order valence-corrected chi connectivity index (χ1v) is 6.56. The Morgan fingerprint density at radius 3 is 2.50 bits per heavy atom. The Morgan fingerprint density at radius 1 is 1.25 bits per heavy atom. The molecule has 0 saturated carbocycles. The van der Waals surface area contributed by atoms with Gasteiger partial charge in [-0.25, -0.2) is 4.39 Å². The second kappa shape index (κ2) is 7.59. The number of nitrogens with zero attached hydrogens (tertiary/aromatic N) is 1. The molecule has 0 atom stereocenters. The van der Waals surface area contributed by atoms with Crippen LogP contribution in [0.15, 0.2) is 18.2 Å². The van der Waals surface area contributed by atoms with E-state index in [0.29, 0.717) is 18.5 Å². The summed E-state index contributed by atoms with van der Waals surface area (Å²) in [4.78, 5) is 1.22. The molecular weight excluding hydrogens is 272 g/mol. The summed E-state index contributed by atoms with van der Waals surface area (Å²) < 4.78 is 51.2. The molecule has 0 aliphatic rings. The summed E-state index contributed by atoms with van der Waals surface area (Å²) in [6.45, 7) is 1.60. The lowest BCUT2D eigenvalue weighted by molar-refractivity contribution is -0.147. The van der Waals surface area contributed by atoms with Crippen molar-refractivity contribution >= 4 is 0 Å². The minimum atomic E-state index is -4.27. The van der Waals surface area contributed by atoms with Crippen LogP contribution < -0.4 is 5.32 Å². The molecule has 0 bridgehead atoms. The molecule has 0 aromatic heterocycles. The van der Waals surface area contributed by atoms with Crippen molar-refractivity contribution in [2.45, 2.75) is 32.6 Å². The smallest absolute Gasteiger partial charge is 0.316 e. The molecule has 2 nitrogen and oxygen atoms in total. The Bertz CT molecular complexity index is 418. The summed E-state index contributed by atoms with van der Waals surface area (Å²) >= 11 is 0. The summed E-state index contributed by atoms with van der Waals surface area (Å²) in [5.41, 5.74) is 1.16. The van der Waals surface area contributed by atoms with Crippen molar-refractivity contribution in [3.8, 4) is 0 Å². The number of nitrogens with one attached hydrogen (secondary N) is 1. The molecule has 114 valence electrons. The SMILES string of the molecule is CCCN(Cc1cc(CNC)ccc1F)CC(F)(F)F. The monoisotopic (exact) mass is 292 g/mol. The fourth-order valence-corrected chi connectivity index (χ4v) is 2.09. The van der Waals surface area contributed by atoms with Gasteiger partial charge < -0.3 is 5.32 Å². The minimum Gasteiger partial charge on any atom is -0.316 e. The van der Waals surface area contributed by atoms with Crippen LogP contribution in [0.3, 0.4) is 0 Å². The van der Waals surface area contributed by atoms with Gasteiger partial charge in [-0.3, -0.25) is 4.90 Å². The van der Waals surface area contributed by atoms with E-state index in [-0.39, 0.29) is 13.1 Å². The first kappa shape index (κ1) is 16.9. The highest BCUT2D eigenvalue weighted by Gasteiger charge is 2.30. The number of hydrogen-bond donors (Lipinski definition) is 1. The second-order valence-electron chi connectivity index (χ2n) is 4.78. The average Bonchev–Trinajstić information content (AvgIpc) is 2.32. The van der Waals surface area contributed by atoms with E-state index < -0.39 is 18.5 Å². The van der Waals surface area contributed by atoms with Crippen molar-refractivity contribution < 1.29 is 17.6 Å². The molecule has 1 N–H and O–H groups in total. The third kappa shape index (κ3) is 5.88. The van der Waals surface area contributed by atoms with Gasteiger partial charge in [-0.1, -0.05) is 19.1 Å². The second-order valence-corrected chi connectivity index (χ2v) is 4.78. The van der Waals surface area contributed by atoms with E-state index in [2.05, 4.69) is 5.32 Å². The van der Waals surface area contributed by atoms with E-state index in [1.807, 2.05) is 0 Å². The highest BCUT2D eigenvalue weighted by atomic mass is 19.4.